The summed E-state index contributed by atoms with van der Waals surface area (Å²) in [4.78, 5) is 41.8. The quantitative estimate of drug-likeness (QED) is 0.511. The summed E-state index contributed by atoms with van der Waals surface area (Å²) in [7, 11) is 0. The van der Waals surface area contributed by atoms with Gasteiger partial charge in [0.2, 0.25) is 0 Å². The lowest BCUT2D eigenvalue weighted by Gasteiger charge is -2.35. The Morgan fingerprint density at radius 2 is 1.68 bits per heavy atom. The van der Waals surface area contributed by atoms with Crippen LogP contribution in [0.1, 0.15) is 61.9 Å². The number of carbonyl (C=O) groups is 3. The predicted octanol–water partition coefficient (Wildman–Crippen LogP) is 4.76. The lowest BCUT2D eigenvalue weighted by Crippen LogP contribution is -2.52. The van der Waals surface area contributed by atoms with E-state index in [9.17, 15) is 14.4 Å². The number of ketones is 1. The van der Waals surface area contributed by atoms with Crippen molar-refractivity contribution in [3.05, 3.63) is 64.9 Å². The predicted molar refractivity (Wildman–Crippen MR) is 138 cm³/mol. The van der Waals surface area contributed by atoms with E-state index in [0.29, 0.717) is 54.4 Å². The molecule has 2 heterocycles. The Morgan fingerprint density at radius 1 is 1.00 bits per heavy atom. The molecular weight excluding hydrogens is 472 g/mol. The van der Waals surface area contributed by atoms with Gasteiger partial charge in [-0.25, -0.2) is 4.79 Å². The number of hydrogen-bond acceptors (Lipinski definition) is 6. The largest absolute Gasteiger partial charge is 0.484 e. The summed E-state index contributed by atoms with van der Waals surface area (Å²) >= 11 is 0. The summed E-state index contributed by atoms with van der Waals surface area (Å²) in [6.45, 7) is 11.1. The summed E-state index contributed by atoms with van der Waals surface area (Å²) < 4.78 is 17.4. The average Bonchev–Trinajstić information content (AvgIpc) is 3.26. The minimum Gasteiger partial charge on any atom is -0.484 e. The number of para-hydroxylation sites is 1. The Labute approximate surface area is 216 Å². The Bertz CT molecular complexity index is 1390. The molecule has 0 N–H and O–H groups in total. The fourth-order valence-electron chi connectivity index (χ4n) is 5.00. The zero-order chi connectivity index (χ0) is 26.5. The lowest BCUT2D eigenvalue weighted by atomic mass is 9.72. The van der Waals surface area contributed by atoms with Crippen molar-refractivity contribution in [1.82, 2.24) is 9.80 Å². The fourth-order valence-corrected chi connectivity index (χ4v) is 5.00. The third-order valence-electron chi connectivity index (χ3n) is 6.95. The molecule has 8 heteroatoms. The highest BCUT2D eigenvalue weighted by Crippen LogP contribution is 2.46. The van der Waals surface area contributed by atoms with Crippen molar-refractivity contribution in [2.24, 2.45) is 0 Å². The number of piperazine rings is 1. The van der Waals surface area contributed by atoms with Crippen molar-refractivity contribution in [3.8, 4) is 5.75 Å². The summed E-state index contributed by atoms with van der Waals surface area (Å²) in [6.07, 6.45) is -0.366. The smallest absolute Gasteiger partial charge is 0.410 e. The second kappa shape index (κ2) is 8.94. The molecule has 0 bridgehead atoms. The first-order chi connectivity index (χ1) is 17.5. The summed E-state index contributed by atoms with van der Waals surface area (Å²) in [5.74, 6) is 0.929. The highest BCUT2D eigenvalue weighted by atomic mass is 16.6. The van der Waals surface area contributed by atoms with Gasteiger partial charge in [0.15, 0.2) is 12.4 Å². The van der Waals surface area contributed by atoms with Crippen molar-refractivity contribution in [1.29, 1.82) is 0 Å². The van der Waals surface area contributed by atoms with Gasteiger partial charge in [-0.1, -0.05) is 18.2 Å². The molecule has 1 aliphatic carbocycles. The first-order valence-corrected chi connectivity index (χ1v) is 12.6. The Morgan fingerprint density at radius 3 is 2.38 bits per heavy atom. The highest BCUT2D eigenvalue weighted by molar-refractivity contribution is 6.19. The van der Waals surface area contributed by atoms with E-state index in [1.165, 1.54) is 0 Å². The van der Waals surface area contributed by atoms with Crippen LogP contribution in [-0.2, 0) is 14.9 Å². The van der Waals surface area contributed by atoms with Gasteiger partial charge in [0.1, 0.15) is 22.7 Å². The molecule has 8 nitrogen and oxygen atoms in total. The minimum atomic E-state index is -0.558. The summed E-state index contributed by atoms with van der Waals surface area (Å²) in [5, 5.41) is 0.818. The number of benzene rings is 2. The monoisotopic (exact) mass is 504 g/mol. The summed E-state index contributed by atoms with van der Waals surface area (Å²) in [6, 6.07) is 12.9. The van der Waals surface area contributed by atoms with E-state index in [1.807, 2.05) is 65.0 Å². The van der Waals surface area contributed by atoms with Crippen LogP contribution in [0.2, 0.25) is 0 Å². The SMILES string of the molecule is CC(C)(C)OC(=O)N1CCN(C(=O)COc2ccc3c(c2)C(C)(C)c2oc4ccccc4c2C3=O)CC1. The van der Waals surface area contributed by atoms with Gasteiger partial charge in [0.25, 0.3) is 5.91 Å². The van der Waals surface area contributed by atoms with Gasteiger partial charge in [-0.2, -0.15) is 0 Å². The second-order valence-electron chi connectivity index (χ2n) is 11.1. The van der Waals surface area contributed by atoms with Crippen LogP contribution in [0.5, 0.6) is 5.75 Å². The molecule has 5 rings (SSSR count). The molecule has 1 aromatic heterocycles. The second-order valence-corrected chi connectivity index (χ2v) is 11.1. The number of amides is 2. The van der Waals surface area contributed by atoms with Gasteiger partial charge in [-0.15, -0.1) is 0 Å². The molecule has 2 amide bonds. The maximum atomic E-state index is 13.4. The number of ether oxygens (including phenoxy) is 2. The molecule has 194 valence electrons. The van der Waals surface area contributed by atoms with Crippen molar-refractivity contribution in [2.45, 2.75) is 45.6 Å². The van der Waals surface area contributed by atoms with Gasteiger partial charge in [-0.05, 0) is 64.4 Å². The highest BCUT2D eigenvalue weighted by Gasteiger charge is 2.41. The van der Waals surface area contributed by atoms with E-state index in [1.54, 1.807) is 21.9 Å². The topological polar surface area (TPSA) is 89.3 Å². The molecule has 0 unspecified atom stereocenters. The number of hydrogen-bond donors (Lipinski definition) is 0. The number of rotatable bonds is 3. The van der Waals surface area contributed by atoms with Crippen molar-refractivity contribution >= 4 is 28.8 Å². The van der Waals surface area contributed by atoms with Crippen LogP contribution in [0.15, 0.2) is 46.9 Å². The van der Waals surface area contributed by atoms with E-state index >= 15 is 0 Å². The summed E-state index contributed by atoms with van der Waals surface area (Å²) in [5.41, 5.74) is 1.61. The van der Waals surface area contributed by atoms with Crippen LogP contribution < -0.4 is 4.74 Å². The molecule has 2 aromatic carbocycles. The third kappa shape index (κ3) is 4.56. The van der Waals surface area contributed by atoms with Gasteiger partial charge in [-0.3, -0.25) is 9.59 Å². The van der Waals surface area contributed by atoms with Crippen molar-refractivity contribution in [2.75, 3.05) is 32.8 Å². The maximum absolute atomic E-state index is 13.4. The lowest BCUT2D eigenvalue weighted by molar-refractivity contribution is -0.135. The van der Waals surface area contributed by atoms with Crippen LogP contribution >= 0.6 is 0 Å². The van der Waals surface area contributed by atoms with E-state index in [4.69, 9.17) is 13.9 Å². The standard InChI is InChI=1S/C29H32N2O6/c1-28(2,3)37-27(34)31-14-12-30(13-15-31)23(32)17-35-18-10-11-19-21(16-18)29(4,5)26-24(25(19)33)20-8-6-7-9-22(20)36-26/h6-11,16H,12-15,17H2,1-5H3. The average molecular weight is 505 g/mol. The third-order valence-corrected chi connectivity index (χ3v) is 6.95. The Kier molecular flexibility index (Phi) is 6.01. The molecule has 1 saturated heterocycles. The van der Waals surface area contributed by atoms with Gasteiger partial charge in [0, 0.05) is 42.5 Å². The fraction of sp³-hybridized carbons (Fsp3) is 0.414. The number of nitrogens with zero attached hydrogens (tertiary/aromatic N) is 2. The molecule has 3 aromatic rings. The number of furan rings is 1. The van der Waals surface area contributed by atoms with Crippen LogP contribution in [-0.4, -0.2) is 66.0 Å². The zero-order valence-corrected chi connectivity index (χ0v) is 21.9. The number of fused-ring (bicyclic) bond motifs is 4. The molecule has 2 aliphatic rings. The molecule has 1 fully saturated rings. The Balaban J connectivity index is 1.26. The van der Waals surface area contributed by atoms with Gasteiger partial charge in [0.05, 0.1) is 5.56 Å². The molecular formula is C29H32N2O6. The van der Waals surface area contributed by atoms with E-state index in [-0.39, 0.29) is 24.4 Å². The molecule has 1 aliphatic heterocycles. The Hall–Kier alpha value is -3.81. The molecule has 0 saturated carbocycles. The first-order valence-electron chi connectivity index (χ1n) is 12.6. The molecule has 0 atom stereocenters. The normalized spacial score (nSPS) is 16.8. The van der Waals surface area contributed by atoms with E-state index in [2.05, 4.69) is 0 Å². The zero-order valence-electron chi connectivity index (χ0n) is 21.9. The van der Waals surface area contributed by atoms with Gasteiger partial charge >= 0.3 is 6.09 Å². The van der Waals surface area contributed by atoms with Crippen LogP contribution in [0.25, 0.3) is 11.0 Å². The number of carbonyl (C=O) groups excluding carboxylic acids is 3. The molecule has 0 spiro atoms. The van der Waals surface area contributed by atoms with E-state index in [0.717, 1.165) is 10.9 Å². The molecule has 0 radical (unpaired) electrons. The van der Waals surface area contributed by atoms with Gasteiger partial charge < -0.3 is 23.7 Å². The first kappa shape index (κ1) is 24.9. The minimum absolute atomic E-state index is 0.0697. The maximum Gasteiger partial charge on any atom is 0.410 e. The van der Waals surface area contributed by atoms with Crippen LogP contribution in [0.3, 0.4) is 0 Å². The van der Waals surface area contributed by atoms with Crippen molar-refractivity contribution < 1.29 is 28.3 Å². The molecule has 37 heavy (non-hydrogen) atoms. The van der Waals surface area contributed by atoms with Crippen molar-refractivity contribution in [3.63, 3.8) is 0 Å². The van der Waals surface area contributed by atoms with E-state index < -0.39 is 11.0 Å². The van der Waals surface area contributed by atoms with Crippen LogP contribution in [0, 0.1) is 0 Å². The van der Waals surface area contributed by atoms with Crippen LogP contribution in [0.4, 0.5) is 4.79 Å².